The zero-order valence-corrected chi connectivity index (χ0v) is 11.3. The molecule has 0 aliphatic heterocycles. The molecule has 0 unspecified atom stereocenters. The Morgan fingerprint density at radius 3 is 2.28 bits per heavy atom. The molecule has 1 N–H and O–H groups in total. The van der Waals surface area contributed by atoms with Crippen molar-refractivity contribution in [2.75, 3.05) is 16.6 Å². The molecule has 5 nitrogen and oxygen atoms in total. The Morgan fingerprint density at radius 1 is 1.28 bits per heavy atom. The molecule has 100 valence electrons. The normalized spacial score (nSPS) is 11.2. The Hall–Kier alpha value is -1.56. The number of carbonyl (C=O) groups is 1. The van der Waals surface area contributed by atoms with Crippen molar-refractivity contribution < 1.29 is 18.3 Å². The Bertz CT molecular complexity index is 507. The first-order valence-corrected chi connectivity index (χ1v) is 7.26. The van der Waals surface area contributed by atoms with Crippen LogP contribution in [0.25, 0.3) is 0 Å². The van der Waals surface area contributed by atoms with Crippen LogP contribution in [0.4, 0.5) is 5.69 Å². The summed E-state index contributed by atoms with van der Waals surface area (Å²) in [4.78, 5) is 10.5. The molecule has 0 heterocycles. The van der Waals surface area contributed by atoms with Crippen molar-refractivity contribution >= 4 is 21.7 Å². The molecule has 1 rings (SSSR count). The van der Waals surface area contributed by atoms with Gasteiger partial charge in [-0.3, -0.25) is 9.10 Å². The highest BCUT2D eigenvalue weighted by molar-refractivity contribution is 7.92. The van der Waals surface area contributed by atoms with Gasteiger partial charge in [0.15, 0.2) is 0 Å². The molecule has 0 aliphatic rings. The summed E-state index contributed by atoms with van der Waals surface area (Å²) in [5.41, 5.74) is 1.60. The molecule has 0 saturated heterocycles. The molecule has 0 amide bonds. The number of sulfonamides is 1. The number of nitrogens with zero attached hydrogens (tertiary/aromatic N) is 1. The number of carboxylic acid groups (broad SMARTS) is 1. The van der Waals surface area contributed by atoms with E-state index in [0.717, 1.165) is 5.56 Å². The Balaban J connectivity index is 2.95. The molecule has 1 aromatic rings. The van der Waals surface area contributed by atoms with Gasteiger partial charge in [0.2, 0.25) is 10.0 Å². The van der Waals surface area contributed by atoms with Crippen LogP contribution in [0.1, 0.15) is 18.9 Å². The number of benzene rings is 1. The van der Waals surface area contributed by atoms with E-state index in [2.05, 4.69) is 0 Å². The van der Waals surface area contributed by atoms with Crippen LogP contribution in [0.2, 0.25) is 0 Å². The highest BCUT2D eigenvalue weighted by Crippen LogP contribution is 2.19. The highest BCUT2D eigenvalue weighted by Gasteiger charge is 2.21. The van der Waals surface area contributed by atoms with Gasteiger partial charge in [-0.1, -0.05) is 17.7 Å². The topological polar surface area (TPSA) is 74.7 Å². The summed E-state index contributed by atoms with van der Waals surface area (Å²) in [6, 6.07) is 7.09. The summed E-state index contributed by atoms with van der Waals surface area (Å²) < 4.78 is 25.3. The van der Waals surface area contributed by atoms with Crippen molar-refractivity contribution in [2.45, 2.75) is 20.3 Å². The molecule has 0 aliphatic carbocycles. The fraction of sp³-hybridized carbons (Fsp3) is 0.417. The largest absolute Gasteiger partial charge is 0.481 e. The van der Waals surface area contributed by atoms with Crippen LogP contribution >= 0.6 is 0 Å². The van der Waals surface area contributed by atoms with Crippen LogP contribution < -0.4 is 4.31 Å². The third-order valence-corrected chi connectivity index (χ3v) is 4.38. The summed E-state index contributed by atoms with van der Waals surface area (Å²) >= 11 is 0. The number of hydrogen-bond acceptors (Lipinski definition) is 3. The van der Waals surface area contributed by atoms with E-state index >= 15 is 0 Å². The van der Waals surface area contributed by atoms with E-state index in [1.165, 1.54) is 4.31 Å². The van der Waals surface area contributed by atoms with Gasteiger partial charge in [0.05, 0.1) is 17.9 Å². The lowest BCUT2D eigenvalue weighted by molar-refractivity contribution is -0.136. The lowest BCUT2D eigenvalue weighted by atomic mass is 10.2. The molecule has 1 aromatic carbocycles. The Kier molecular flexibility index (Phi) is 4.72. The van der Waals surface area contributed by atoms with Gasteiger partial charge < -0.3 is 5.11 Å². The van der Waals surface area contributed by atoms with Crippen LogP contribution in [-0.4, -0.2) is 31.8 Å². The first kappa shape index (κ1) is 14.5. The second-order valence-electron chi connectivity index (χ2n) is 3.96. The average molecular weight is 271 g/mol. The standard InChI is InChI=1S/C12H17NO4S/c1-3-13(11-6-4-10(2)5-7-11)18(16,17)9-8-12(14)15/h4-7H,3,8-9H2,1-2H3,(H,14,15). The van der Waals surface area contributed by atoms with E-state index < -0.39 is 16.0 Å². The third kappa shape index (κ3) is 3.73. The maximum atomic E-state index is 12.0. The predicted octanol–water partition coefficient (Wildman–Crippen LogP) is 1.63. The van der Waals surface area contributed by atoms with Gasteiger partial charge in [-0.15, -0.1) is 0 Å². The summed E-state index contributed by atoms with van der Waals surface area (Å²) in [5, 5.41) is 8.56. The van der Waals surface area contributed by atoms with Gasteiger partial charge in [0.25, 0.3) is 0 Å². The van der Waals surface area contributed by atoms with Crippen molar-refractivity contribution in [3.05, 3.63) is 29.8 Å². The summed E-state index contributed by atoms with van der Waals surface area (Å²) in [6.45, 7) is 3.92. The van der Waals surface area contributed by atoms with E-state index in [4.69, 9.17) is 5.11 Å². The number of aliphatic carboxylic acids is 1. The lowest BCUT2D eigenvalue weighted by Gasteiger charge is -2.22. The first-order chi connectivity index (χ1) is 8.36. The minimum absolute atomic E-state index is 0.283. The van der Waals surface area contributed by atoms with E-state index in [0.29, 0.717) is 5.69 Å². The number of aryl methyl sites for hydroxylation is 1. The van der Waals surface area contributed by atoms with Crippen LogP contribution in [0, 0.1) is 6.92 Å². The number of anilines is 1. The lowest BCUT2D eigenvalue weighted by Crippen LogP contribution is -2.33. The second-order valence-corrected chi connectivity index (χ2v) is 5.97. The minimum Gasteiger partial charge on any atom is -0.481 e. The molecule has 0 atom stereocenters. The fourth-order valence-electron chi connectivity index (χ4n) is 1.58. The monoisotopic (exact) mass is 271 g/mol. The van der Waals surface area contributed by atoms with Gasteiger partial charge in [-0.25, -0.2) is 8.42 Å². The number of rotatable bonds is 6. The molecular formula is C12H17NO4S. The van der Waals surface area contributed by atoms with E-state index in [-0.39, 0.29) is 18.7 Å². The molecule has 0 radical (unpaired) electrons. The zero-order valence-electron chi connectivity index (χ0n) is 10.5. The Labute approximate surface area is 107 Å². The molecule has 0 bridgehead atoms. The van der Waals surface area contributed by atoms with Gasteiger partial charge in [0, 0.05) is 6.54 Å². The predicted molar refractivity (Wildman–Crippen MR) is 70.2 cm³/mol. The van der Waals surface area contributed by atoms with Crippen molar-refractivity contribution in [3.63, 3.8) is 0 Å². The van der Waals surface area contributed by atoms with Crippen LogP contribution in [-0.2, 0) is 14.8 Å². The van der Waals surface area contributed by atoms with E-state index in [1.54, 1.807) is 19.1 Å². The molecule has 18 heavy (non-hydrogen) atoms. The molecule has 0 spiro atoms. The van der Waals surface area contributed by atoms with E-state index in [1.807, 2.05) is 19.1 Å². The quantitative estimate of drug-likeness (QED) is 0.853. The average Bonchev–Trinajstić information content (AvgIpc) is 2.30. The van der Waals surface area contributed by atoms with Crippen molar-refractivity contribution in [2.24, 2.45) is 0 Å². The fourth-order valence-corrected chi connectivity index (χ4v) is 3.07. The van der Waals surface area contributed by atoms with Gasteiger partial charge >= 0.3 is 5.97 Å². The summed E-state index contributed by atoms with van der Waals surface area (Å²) in [6.07, 6.45) is -0.384. The molecule has 0 fully saturated rings. The molecule has 0 aromatic heterocycles. The van der Waals surface area contributed by atoms with Gasteiger partial charge in [-0.05, 0) is 26.0 Å². The summed E-state index contributed by atoms with van der Waals surface area (Å²) in [5.74, 6) is -1.50. The second kappa shape index (κ2) is 5.86. The molecular weight excluding hydrogens is 254 g/mol. The molecule has 6 heteroatoms. The van der Waals surface area contributed by atoms with Crippen molar-refractivity contribution in [3.8, 4) is 0 Å². The van der Waals surface area contributed by atoms with Gasteiger partial charge in [-0.2, -0.15) is 0 Å². The first-order valence-electron chi connectivity index (χ1n) is 5.65. The minimum atomic E-state index is -3.58. The van der Waals surface area contributed by atoms with Crippen LogP contribution in [0.3, 0.4) is 0 Å². The highest BCUT2D eigenvalue weighted by atomic mass is 32.2. The summed E-state index contributed by atoms with van der Waals surface area (Å²) in [7, 11) is -3.58. The molecule has 0 saturated carbocycles. The van der Waals surface area contributed by atoms with Crippen LogP contribution in [0.5, 0.6) is 0 Å². The smallest absolute Gasteiger partial charge is 0.304 e. The van der Waals surface area contributed by atoms with Gasteiger partial charge in [0.1, 0.15) is 0 Å². The van der Waals surface area contributed by atoms with Crippen molar-refractivity contribution in [1.29, 1.82) is 0 Å². The SMILES string of the molecule is CCN(c1ccc(C)cc1)S(=O)(=O)CCC(=O)O. The number of hydrogen-bond donors (Lipinski definition) is 1. The van der Waals surface area contributed by atoms with Crippen molar-refractivity contribution in [1.82, 2.24) is 0 Å². The van der Waals surface area contributed by atoms with E-state index in [9.17, 15) is 13.2 Å². The number of carboxylic acids is 1. The van der Waals surface area contributed by atoms with Crippen LogP contribution in [0.15, 0.2) is 24.3 Å². The maximum absolute atomic E-state index is 12.0. The maximum Gasteiger partial charge on any atom is 0.304 e. The third-order valence-electron chi connectivity index (χ3n) is 2.52. The Morgan fingerprint density at radius 2 is 1.83 bits per heavy atom. The zero-order chi connectivity index (χ0) is 13.8.